The summed E-state index contributed by atoms with van der Waals surface area (Å²) in [7, 11) is -3.87. The van der Waals surface area contributed by atoms with Crippen molar-refractivity contribution in [2.24, 2.45) is 5.92 Å². The van der Waals surface area contributed by atoms with Gasteiger partial charge in [-0.1, -0.05) is 12.1 Å². The van der Waals surface area contributed by atoms with Crippen LogP contribution in [0.1, 0.15) is 37.3 Å². The minimum absolute atomic E-state index is 0.0600. The summed E-state index contributed by atoms with van der Waals surface area (Å²) in [6.45, 7) is 0.347. The number of amides is 1. The second-order valence-electron chi connectivity index (χ2n) is 8.56. The molecule has 2 N–H and O–H groups in total. The lowest BCUT2D eigenvalue weighted by Gasteiger charge is -2.34. The second kappa shape index (κ2) is 9.95. The topological polar surface area (TPSA) is 108 Å². The monoisotopic (exact) mass is 491 g/mol. The molecule has 0 spiro atoms. The molecule has 0 unspecified atom stereocenters. The normalized spacial score (nSPS) is 20.5. The van der Waals surface area contributed by atoms with Crippen molar-refractivity contribution in [3.63, 3.8) is 0 Å². The first kappa shape index (κ1) is 25.4. The highest BCUT2D eigenvalue weighted by molar-refractivity contribution is 7.91. The number of carbonyl (C=O) groups excluding carboxylic acids is 1. The molecular weight excluding hydrogens is 466 g/mol. The van der Waals surface area contributed by atoms with Gasteiger partial charge in [-0.05, 0) is 36.5 Å². The quantitative estimate of drug-likeness (QED) is 0.514. The van der Waals surface area contributed by atoms with Gasteiger partial charge < -0.3 is 10.1 Å². The lowest BCUT2D eigenvalue weighted by molar-refractivity contribution is -0.160. The fraction of sp³-hybridized carbons (Fsp3) is 0.619. The predicted octanol–water partition coefficient (Wildman–Crippen LogP) is 2.40. The van der Waals surface area contributed by atoms with Gasteiger partial charge in [0.25, 0.3) is 0 Å². The lowest BCUT2D eigenvalue weighted by atomic mass is 9.91. The van der Waals surface area contributed by atoms with Crippen molar-refractivity contribution in [1.82, 2.24) is 10.6 Å². The van der Waals surface area contributed by atoms with Crippen molar-refractivity contribution in [3.05, 3.63) is 35.6 Å². The zero-order valence-electron chi connectivity index (χ0n) is 17.7. The molecule has 1 amide bonds. The van der Waals surface area contributed by atoms with Crippen LogP contribution in [0.4, 0.5) is 17.6 Å². The third kappa shape index (κ3) is 7.12. The Morgan fingerprint density at radius 2 is 1.82 bits per heavy atom. The average molecular weight is 492 g/mol. The Morgan fingerprint density at radius 1 is 1.21 bits per heavy atom. The van der Waals surface area contributed by atoms with Crippen LogP contribution in [0, 0.1) is 23.1 Å². The number of sulfone groups is 1. The molecule has 12 heteroatoms. The number of carbonyl (C=O) groups is 1. The zero-order valence-corrected chi connectivity index (χ0v) is 18.5. The third-order valence-electron chi connectivity index (χ3n) is 5.75. The number of halogens is 4. The summed E-state index contributed by atoms with van der Waals surface area (Å²) in [5.74, 6) is -2.90. The first-order valence-electron chi connectivity index (χ1n) is 10.5. The summed E-state index contributed by atoms with van der Waals surface area (Å²) < 4.78 is 85.3. The van der Waals surface area contributed by atoms with Gasteiger partial charge in [0.2, 0.25) is 5.91 Å². The molecule has 0 bridgehead atoms. The molecule has 33 heavy (non-hydrogen) atoms. The molecule has 0 aromatic heterocycles. The Kier molecular flexibility index (Phi) is 7.65. The molecule has 2 aliphatic rings. The van der Waals surface area contributed by atoms with Crippen LogP contribution in [0.5, 0.6) is 0 Å². The van der Waals surface area contributed by atoms with E-state index in [0.717, 1.165) is 24.3 Å². The first-order valence-corrected chi connectivity index (χ1v) is 12.3. The van der Waals surface area contributed by atoms with Crippen LogP contribution in [-0.4, -0.2) is 56.8 Å². The molecule has 3 rings (SSSR count). The summed E-state index contributed by atoms with van der Waals surface area (Å²) in [6.07, 6.45) is -3.24. The maximum atomic E-state index is 13.9. The van der Waals surface area contributed by atoms with E-state index in [0.29, 0.717) is 12.8 Å². The Balaban J connectivity index is 1.88. The van der Waals surface area contributed by atoms with E-state index in [1.807, 2.05) is 6.07 Å². The number of alkyl halides is 3. The molecule has 1 saturated carbocycles. The number of nitrogens with zero attached hydrogens (tertiary/aromatic N) is 1. The Bertz CT molecular complexity index is 982. The molecule has 2 fully saturated rings. The number of nitrogens with one attached hydrogen (secondary N) is 2. The van der Waals surface area contributed by atoms with Gasteiger partial charge >= 0.3 is 6.18 Å². The van der Waals surface area contributed by atoms with Gasteiger partial charge in [0.15, 0.2) is 9.84 Å². The van der Waals surface area contributed by atoms with Crippen molar-refractivity contribution < 1.29 is 35.5 Å². The van der Waals surface area contributed by atoms with Gasteiger partial charge in [0.1, 0.15) is 23.4 Å². The summed E-state index contributed by atoms with van der Waals surface area (Å²) in [6, 6.07) is 1.32. The molecule has 1 aromatic carbocycles. The van der Waals surface area contributed by atoms with Crippen molar-refractivity contribution in [3.8, 4) is 6.07 Å². The van der Waals surface area contributed by atoms with E-state index < -0.39 is 51.1 Å². The summed E-state index contributed by atoms with van der Waals surface area (Å²) in [5, 5.41) is 14.2. The smallest absolute Gasteiger partial charge is 0.381 e. The SMILES string of the molecule is N#CC1(NC(=O)[C@H](CS(=O)(=O)CC2CC2)N[C@@H](c2ccc(F)cc2)C(F)(F)F)CCOCC1. The van der Waals surface area contributed by atoms with Gasteiger partial charge in [-0.15, -0.1) is 0 Å². The molecule has 1 heterocycles. The van der Waals surface area contributed by atoms with Gasteiger partial charge in [-0.25, -0.2) is 12.8 Å². The Hall–Kier alpha value is -2.23. The van der Waals surface area contributed by atoms with Crippen LogP contribution in [0.15, 0.2) is 24.3 Å². The zero-order chi connectivity index (χ0) is 24.3. The van der Waals surface area contributed by atoms with Crippen LogP contribution in [0.2, 0.25) is 0 Å². The molecule has 1 aliphatic heterocycles. The highest BCUT2D eigenvalue weighted by Gasteiger charge is 2.45. The molecule has 7 nitrogen and oxygen atoms in total. The van der Waals surface area contributed by atoms with Crippen LogP contribution >= 0.6 is 0 Å². The van der Waals surface area contributed by atoms with E-state index >= 15 is 0 Å². The highest BCUT2D eigenvalue weighted by atomic mass is 32.2. The van der Waals surface area contributed by atoms with Crippen molar-refractivity contribution in [2.45, 2.75) is 49.5 Å². The lowest BCUT2D eigenvalue weighted by Crippen LogP contribution is -2.59. The van der Waals surface area contributed by atoms with Crippen LogP contribution in [0.25, 0.3) is 0 Å². The number of hydrogen-bond donors (Lipinski definition) is 2. The van der Waals surface area contributed by atoms with Crippen molar-refractivity contribution in [1.29, 1.82) is 5.26 Å². The molecule has 1 saturated heterocycles. The fourth-order valence-electron chi connectivity index (χ4n) is 3.71. The molecule has 182 valence electrons. The molecule has 1 aliphatic carbocycles. The third-order valence-corrected chi connectivity index (χ3v) is 7.57. The highest BCUT2D eigenvalue weighted by Crippen LogP contribution is 2.34. The van der Waals surface area contributed by atoms with E-state index in [4.69, 9.17) is 4.74 Å². The average Bonchev–Trinajstić information content (AvgIpc) is 3.55. The maximum Gasteiger partial charge on any atom is 0.407 e. The maximum absolute atomic E-state index is 13.9. The minimum atomic E-state index is -4.90. The molecule has 2 atom stereocenters. The first-order chi connectivity index (χ1) is 15.4. The predicted molar refractivity (Wildman–Crippen MR) is 110 cm³/mol. The standard InChI is InChI=1S/C21H25F4N3O4S/c22-16-5-3-15(4-6-16)18(21(23,24)25)27-17(12-33(30,31)11-14-1-2-14)19(29)28-20(13-26)7-9-32-10-8-20/h3-6,14,17-18,27H,1-2,7-12H2,(H,28,29)/t17-,18-/m0/s1. The van der Waals surface area contributed by atoms with Crippen molar-refractivity contribution in [2.75, 3.05) is 24.7 Å². The van der Waals surface area contributed by atoms with Gasteiger partial charge in [-0.2, -0.15) is 18.4 Å². The van der Waals surface area contributed by atoms with Gasteiger partial charge in [-0.3, -0.25) is 10.1 Å². The largest absolute Gasteiger partial charge is 0.407 e. The summed E-state index contributed by atoms with van der Waals surface area (Å²) >= 11 is 0. The summed E-state index contributed by atoms with van der Waals surface area (Å²) in [5.41, 5.74) is -1.73. The molecular formula is C21H25F4N3O4S. The number of nitriles is 1. The van der Waals surface area contributed by atoms with Crippen LogP contribution < -0.4 is 10.6 Å². The van der Waals surface area contributed by atoms with E-state index in [-0.39, 0.29) is 43.3 Å². The fourth-order valence-corrected chi connectivity index (χ4v) is 5.65. The van der Waals surface area contributed by atoms with E-state index in [9.17, 15) is 36.0 Å². The number of hydrogen-bond acceptors (Lipinski definition) is 6. The summed E-state index contributed by atoms with van der Waals surface area (Å²) in [4.78, 5) is 13.0. The van der Waals surface area contributed by atoms with Crippen LogP contribution in [-0.2, 0) is 19.4 Å². The second-order valence-corrected chi connectivity index (χ2v) is 10.7. The van der Waals surface area contributed by atoms with E-state index in [1.165, 1.54) is 0 Å². The van der Waals surface area contributed by atoms with E-state index in [1.54, 1.807) is 0 Å². The molecule has 1 aromatic rings. The Labute approximate surface area is 189 Å². The van der Waals surface area contributed by atoms with Gasteiger partial charge in [0.05, 0.1) is 17.6 Å². The minimum Gasteiger partial charge on any atom is -0.381 e. The number of rotatable bonds is 9. The molecule has 0 radical (unpaired) electrons. The number of ether oxygens (including phenoxy) is 1. The Morgan fingerprint density at radius 3 is 2.33 bits per heavy atom. The van der Waals surface area contributed by atoms with Gasteiger partial charge in [0, 0.05) is 26.1 Å². The van der Waals surface area contributed by atoms with Crippen molar-refractivity contribution >= 4 is 15.7 Å². The van der Waals surface area contributed by atoms with Crippen LogP contribution in [0.3, 0.4) is 0 Å². The number of benzene rings is 1. The van der Waals surface area contributed by atoms with E-state index in [2.05, 4.69) is 10.6 Å².